The van der Waals surface area contributed by atoms with Gasteiger partial charge in [-0.2, -0.15) is 0 Å². The third kappa shape index (κ3) is 4.75. The van der Waals surface area contributed by atoms with Crippen LogP contribution in [0.1, 0.15) is 30.9 Å². The van der Waals surface area contributed by atoms with Crippen LogP contribution < -0.4 is 14.4 Å². The molecule has 3 heterocycles. The highest BCUT2D eigenvalue weighted by Crippen LogP contribution is 2.33. The standard InChI is InChI=1S/C22H29N3O3/c26-19(18-7-8-20-21(17-18)28-16-4-15-27-20)5-3-10-24-11-13-25(14-12-24)22-6-1-2-9-23-22/h1-2,6-9,17,19,26H,3-5,10-16H2. The molecule has 1 atom stereocenters. The van der Waals surface area contributed by atoms with Crippen LogP contribution in [0, 0.1) is 0 Å². The second kappa shape index (κ2) is 9.26. The summed E-state index contributed by atoms with van der Waals surface area (Å²) in [5.41, 5.74) is 0.907. The van der Waals surface area contributed by atoms with Crippen molar-refractivity contribution in [2.45, 2.75) is 25.4 Å². The third-order valence-electron chi connectivity index (χ3n) is 5.45. The number of hydrogen-bond donors (Lipinski definition) is 1. The minimum atomic E-state index is -0.466. The Hall–Kier alpha value is -2.31. The maximum atomic E-state index is 10.6. The van der Waals surface area contributed by atoms with Crippen LogP contribution in [-0.4, -0.2) is 60.9 Å². The molecule has 0 spiro atoms. The zero-order chi connectivity index (χ0) is 19.2. The lowest BCUT2D eigenvalue weighted by atomic mass is 10.0. The summed E-state index contributed by atoms with van der Waals surface area (Å²) in [6.07, 6.45) is 3.99. The Morgan fingerprint density at radius 2 is 1.82 bits per heavy atom. The van der Waals surface area contributed by atoms with Crippen molar-refractivity contribution in [2.24, 2.45) is 0 Å². The lowest BCUT2D eigenvalue weighted by molar-refractivity contribution is 0.153. The Labute approximate surface area is 166 Å². The number of ether oxygens (including phenoxy) is 2. The minimum absolute atomic E-state index is 0.466. The molecule has 1 unspecified atom stereocenters. The van der Waals surface area contributed by atoms with Crippen molar-refractivity contribution in [2.75, 3.05) is 50.8 Å². The topological polar surface area (TPSA) is 58.1 Å². The monoisotopic (exact) mass is 383 g/mol. The Bertz CT molecular complexity index is 748. The number of pyridine rings is 1. The van der Waals surface area contributed by atoms with Gasteiger partial charge in [-0.3, -0.25) is 4.90 Å². The molecule has 0 saturated carbocycles. The molecule has 1 fully saturated rings. The quantitative estimate of drug-likeness (QED) is 0.828. The van der Waals surface area contributed by atoms with Gasteiger partial charge in [0.2, 0.25) is 0 Å². The first-order valence-electron chi connectivity index (χ1n) is 10.3. The van der Waals surface area contributed by atoms with Gasteiger partial charge in [0.05, 0.1) is 19.3 Å². The lowest BCUT2D eigenvalue weighted by Crippen LogP contribution is -2.46. The van der Waals surface area contributed by atoms with Gasteiger partial charge in [0.15, 0.2) is 11.5 Å². The van der Waals surface area contributed by atoms with Crippen molar-refractivity contribution in [3.05, 3.63) is 48.2 Å². The van der Waals surface area contributed by atoms with Crippen LogP contribution in [0.15, 0.2) is 42.6 Å². The second-order valence-corrected chi connectivity index (χ2v) is 7.43. The van der Waals surface area contributed by atoms with Gasteiger partial charge < -0.3 is 19.5 Å². The van der Waals surface area contributed by atoms with Crippen molar-refractivity contribution in [1.29, 1.82) is 0 Å². The van der Waals surface area contributed by atoms with Crippen molar-refractivity contribution in [1.82, 2.24) is 9.88 Å². The van der Waals surface area contributed by atoms with Crippen LogP contribution in [0.25, 0.3) is 0 Å². The molecule has 2 aromatic rings. The fraction of sp³-hybridized carbons (Fsp3) is 0.500. The lowest BCUT2D eigenvalue weighted by Gasteiger charge is -2.35. The van der Waals surface area contributed by atoms with Gasteiger partial charge in [-0.1, -0.05) is 12.1 Å². The number of piperazine rings is 1. The van der Waals surface area contributed by atoms with Gasteiger partial charge in [0, 0.05) is 38.8 Å². The maximum absolute atomic E-state index is 10.6. The summed E-state index contributed by atoms with van der Waals surface area (Å²) < 4.78 is 11.4. The highest BCUT2D eigenvalue weighted by atomic mass is 16.5. The Morgan fingerprint density at radius 3 is 2.61 bits per heavy atom. The smallest absolute Gasteiger partial charge is 0.161 e. The zero-order valence-electron chi connectivity index (χ0n) is 16.3. The van der Waals surface area contributed by atoms with Gasteiger partial charge in [-0.15, -0.1) is 0 Å². The van der Waals surface area contributed by atoms with Crippen molar-refractivity contribution < 1.29 is 14.6 Å². The summed E-state index contributed by atoms with van der Waals surface area (Å²) in [6, 6.07) is 11.8. The van der Waals surface area contributed by atoms with Crippen molar-refractivity contribution >= 4 is 5.82 Å². The van der Waals surface area contributed by atoms with Crippen LogP contribution in [0.2, 0.25) is 0 Å². The number of benzene rings is 1. The van der Waals surface area contributed by atoms with E-state index in [4.69, 9.17) is 9.47 Å². The summed E-state index contributed by atoms with van der Waals surface area (Å²) in [7, 11) is 0. The van der Waals surface area contributed by atoms with Gasteiger partial charge in [-0.05, 0) is 49.2 Å². The highest BCUT2D eigenvalue weighted by molar-refractivity contribution is 5.44. The fourth-order valence-corrected chi connectivity index (χ4v) is 3.80. The van der Waals surface area contributed by atoms with E-state index in [2.05, 4.69) is 20.9 Å². The predicted molar refractivity (Wildman–Crippen MR) is 109 cm³/mol. The molecule has 0 radical (unpaired) electrons. The summed E-state index contributed by atoms with van der Waals surface area (Å²) in [6.45, 7) is 6.44. The average molecular weight is 383 g/mol. The number of fused-ring (bicyclic) bond motifs is 1. The first-order valence-corrected chi connectivity index (χ1v) is 10.3. The summed E-state index contributed by atoms with van der Waals surface area (Å²) in [4.78, 5) is 9.25. The van der Waals surface area contributed by atoms with E-state index < -0.39 is 6.10 Å². The van der Waals surface area contributed by atoms with Gasteiger partial charge in [-0.25, -0.2) is 4.98 Å². The Morgan fingerprint density at radius 1 is 1.00 bits per heavy atom. The zero-order valence-corrected chi connectivity index (χ0v) is 16.3. The van der Waals surface area contributed by atoms with E-state index in [0.717, 1.165) is 74.9 Å². The number of aromatic nitrogens is 1. The summed E-state index contributed by atoms with van der Waals surface area (Å²) in [5.74, 6) is 2.59. The molecule has 4 rings (SSSR count). The first-order chi connectivity index (χ1) is 13.8. The minimum Gasteiger partial charge on any atom is -0.490 e. The molecule has 6 heteroatoms. The maximum Gasteiger partial charge on any atom is 0.161 e. The van der Waals surface area contributed by atoms with Crippen LogP contribution in [-0.2, 0) is 0 Å². The summed E-state index contributed by atoms with van der Waals surface area (Å²) >= 11 is 0. The Kier molecular flexibility index (Phi) is 6.29. The van der Waals surface area contributed by atoms with Gasteiger partial charge >= 0.3 is 0 Å². The van der Waals surface area contributed by atoms with E-state index in [1.165, 1.54) is 0 Å². The fourth-order valence-electron chi connectivity index (χ4n) is 3.80. The number of hydrogen-bond acceptors (Lipinski definition) is 6. The molecule has 1 N–H and O–H groups in total. The number of nitrogens with zero attached hydrogens (tertiary/aromatic N) is 3. The van der Waals surface area contributed by atoms with E-state index in [1.54, 1.807) is 0 Å². The van der Waals surface area contributed by atoms with Crippen LogP contribution in [0.4, 0.5) is 5.82 Å². The van der Waals surface area contributed by atoms with Crippen LogP contribution >= 0.6 is 0 Å². The molecule has 0 bridgehead atoms. The molecule has 1 saturated heterocycles. The van der Waals surface area contributed by atoms with E-state index in [-0.39, 0.29) is 0 Å². The van der Waals surface area contributed by atoms with E-state index >= 15 is 0 Å². The molecule has 2 aliphatic rings. The summed E-state index contributed by atoms with van der Waals surface area (Å²) in [5, 5.41) is 10.6. The number of anilines is 1. The molecule has 1 aromatic carbocycles. The molecule has 6 nitrogen and oxygen atoms in total. The number of rotatable bonds is 6. The van der Waals surface area contributed by atoms with E-state index in [9.17, 15) is 5.11 Å². The predicted octanol–water partition coefficient (Wildman–Crippen LogP) is 2.88. The molecule has 1 aromatic heterocycles. The van der Waals surface area contributed by atoms with Gasteiger partial charge in [0.1, 0.15) is 5.82 Å². The second-order valence-electron chi connectivity index (χ2n) is 7.43. The van der Waals surface area contributed by atoms with Crippen LogP contribution in [0.5, 0.6) is 11.5 Å². The largest absolute Gasteiger partial charge is 0.490 e. The normalized spacial score (nSPS) is 18.5. The van der Waals surface area contributed by atoms with Gasteiger partial charge in [0.25, 0.3) is 0 Å². The van der Waals surface area contributed by atoms with E-state index in [1.807, 2.05) is 36.5 Å². The molecule has 2 aliphatic heterocycles. The van der Waals surface area contributed by atoms with Crippen LogP contribution in [0.3, 0.4) is 0 Å². The molecule has 28 heavy (non-hydrogen) atoms. The highest BCUT2D eigenvalue weighted by Gasteiger charge is 2.19. The SMILES string of the molecule is OC(CCCN1CCN(c2ccccn2)CC1)c1ccc2c(c1)OCCCO2. The molecular weight excluding hydrogens is 354 g/mol. The first kappa shape index (κ1) is 19.0. The van der Waals surface area contributed by atoms with Crippen molar-refractivity contribution in [3.8, 4) is 11.5 Å². The number of aliphatic hydroxyl groups excluding tert-OH is 1. The number of aliphatic hydroxyl groups is 1. The van der Waals surface area contributed by atoms with Crippen molar-refractivity contribution in [3.63, 3.8) is 0 Å². The van der Waals surface area contributed by atoms with E-state index in [0.29, 0.717) is 13.2 Å². The molecule has 0 amide bonds. The Balaban J connectivity index is 1.22. The molecular formula is C22H29N3O3. The average Bonchev–Trinajstić information content (AvgIpc) is 2.99. The third-order valence-corrected chi connectivity index (χ3v) is 5.45. The molecule has 0 aliphatic carbocycles. The molecule has 150 valence electrons.